The summed E-state index contributed by atoms with van der Waals surface area (Å²) in [7, 11) is 0. The summed E-state index contributed by atoms with van der Waals surface area (Å²) >= 11 is 0. The van der Waals surface area contributed by atoms with Gasteiger partial charge >= 0.3 is 0 Å². The van der Waals surface area contributed by atoms with Gasteiger partial charge in [0.1, 0.15) is 0 Å². The van der Waals surface area contributed by atoms with Gasteiger partial charge in [-0.1, -0.05) is 99.3 Å². The van der Waals surface area contributed by atoms with Crippen molar-refractivity contribution in [2.24, 2.45) is 23.5 Å². The Hall–Kier alpha value is -0.0400. The first-order valence-electron chi connectivity index (χ1n) is 9.35. The Morgan fingerprint density at radius 3 is 1.80 bits per heavy atom. The Morgan fingerprint density at radius 2 is 1.40 bits per heavy atom. The molecule has 1 aliphatic carbocycles. The van der Waals surface area contributed by atoms with Crippen molar-refractivity contribution < 1.29 is 0 Å². The molecule has 2 unspecified atom stereocenters. The Bertz CT molecular complexity index is 163. The van der Waals surface area contributed by atoms with E-state index in [4.69, 9.17) is 5.73 Å². The molecule has 0 aliphatic heterocycles. The van der Waals surface area contributed by atoms with E-state index in [9.17, 15) is 0 Å². The van der Waals surface area contributed by atoms with E-state index in [0.29, 0.717) is 0 Å². The van der Waals surface area contributed by atoms with Crippen molar-refractivity contribution in [1.29, 1.82) is 0 Å². The number of nitrogens with two attached hydrogens (primary N) is 1. The smallest absolute Gasteiger partial charge is 0.0106 e. The molecule has 20 heavy (non-hydrogen) atoms. The van der Waals surface area contributed by atoms with Crippen LogP contribution in [0, 0.1) is 17.8 Å². The lowest BCUT2D eigenvalue weighted by Crippen LogP contribution is -2.19. The number of hydrogen-bond acceptors (Lipinski definition) is 1. The predicted molar refractivity (Wildman–Crippen MR) is 95.1 cm³/mol. The summed E-state index contributed by atoms with van der Waals surface area (Å²) in [6, 6.07) is 0. The van der Waals surface area contributed by atoms with Gasteiger partial charge < -0.3 is 5.73 Å². The van der Waals surface area contributed by atoms with E-state index in [0.717, 1.165) is 24.3 Å². The molecule has 124 valence electrons. The van der Waals surface area contributed by atoms with Crippen LogP contribution in [0.2, 0.25) is 0 Å². The van der Waals surface area contributed by atoms with Crippen LogP contribution in [0.1, 0.15) is 99.3 Å². The fourth-order valence-electron chi connectivity index (χ4n) is 3.20. The van der Waals surface area contributed by atoms with E-state index in [-0.39, 0.29) is 0 Å². The molecule has 0 amide bonds. The van der Waals surface area contributed by atoms with Crippen molar-refractivity contribution in [1.82, 2.24) is 0 Å². The van der Waals surface area contributed by atoms with Crippen molar-refractivity contribution in [2.75, 3.05) is 6.54 Å². The molecule has 1 nitrogen and oxygen atoms in total. The summed E-state index contributed by atoms with van der Waals surface area (Å²) in [5.74, 6) is 3.06. The highest BCUT2D eigenvalue weighted by atomic mass is 14.5. The van der Waals surface area contributed by atoms with E-state index in [1.165, 1.54) is 57.8 Å². The predicted octanol–water partition coefficient (Wildman–Crippen LogP) is 6.41. The van der Waals surface area contributed by atoms with E-state index < -0.39 is 0 Å². The maximum absolute atomic E-state index is 4.85. The molecule has 0 aromatic rings. The average molecular weight is 286 g/mol. The zero-order valence-corrected chi connectivity index (χ0v) is 15.4. The number of hydrogen-bond donors (Lipinski definition) is 1. The minimum Gasteiger partial charge on any atom is -0.331 e. The molecule has 0 radical (unpaired) electrons. The highest BCUT2D eigenvalue weighted by molar-refractivity contribution is 4.75. The first-order chi connectivity index (χ1) is 9.65. The second-order valence-electron chi connectivity index (χ2n) is 6.33. The van der Waals surface area contributed by atoms with Crippen LogP contribution in [-0.4, -0.2) is 6.54 Å². The quantitative estimate of drug-likeness (QED) is 0.599. The van der Waals surface area contributed by atoms with Crippen molar-refractivity contribution >= 4 is 0 Å². The summed E-state index contributed by atoms with van der Waals surface area (Å²) in [4.78, 5) is 0. The van der Waals surface area contributed by atoms with E-state index >= 15 is 0 Å². The van der Waals surface area contributed by atoms with Crippen molar-refractivity contribution in [2.45, 2.75) is 99.3 Å². The minimum absolute atomic E-state index is 0.750. The Kier molecular flexibility index (Phi) is 18.9. The fourth-order valence-corrected chi connectivity index (χ4v) is 3.20. The lowest BCUT2D eigenvalue weighted by molar-refractivity contribution is 0.204. The van der Waals surface area contributed by atoms with Gasteiger partial charge in [0.15, 0.2) is 0 Å². The largest absolute Gasteiger partial charge is 0.331 e. The fraction of sp³-hybridized carbons (Fsp3) is 1.00. The van der Waals surface area contributed by atoms with Crippen LogP contribution in [0.25, 0.3) is 0 Å². The maximum Gasteiger partial charge on any atom is -0.0106 e. The van der Waals surface area contributed by atoms with Gasteiger partial charge in [0.25, 0.3) is 0 Å². The van der Waals surface area contributed by atoms with Crippen LogP contribution in [0.15, 0.2) is 0 Å². The molecule has 1 heteroatoms. The van der Waals surface area contributed by atoms with Gasteiger partial charge in [0.2, 0.25) is 0 Å². The van der Waals surface area contributed by atoms with E-state index in [1.807, 2.05) is 20.8 Å². The first-order valence-corrected chi connectivity index (χ1v) is 9.35. The van der Waals surface area contributed by atoms with Crippen molar-refractivity contribution in [3.8, 4) is 0 Å². The monoisotopic (exact) mass is 285 g/mol. The van der Waals surface area contributed by atoms with E-state index in [2.05, 4.69) is 20.8 Å². The normalized spacial score (nSPS) is 21.6. The number of rotatable bonds is 6. The zero-order chi connectivity index (χ0) is 15.8. The highest BCUT2D eigenvalue weighted by Gasteiger charge is 2.23. The molecule has 1 saturated carbocycles. The summed E-state index contributed by atoms with van der Waals surface area (Å²) in [5, 5.41) is 0. The molecule has 2 atom stereocenters. The van der Waals surface area contributed by atoms with Crippen molar-refractivity contribution in [3.63, 3.8) is 0 Å². The molecule has 1 fully saturated rings. The standard InChI is InChI=1S/C15H30.C2H7N.C2H6/c1-4-8-14-10-5-6-11-15(14)12-7-9-13(2)3;1-2-3;1-2/h13-15H,4-12H2,1-3H3;2-3H2,1H3;1-2H3. The van der Waals surface area contributed by atoms with Crippen LogP contribution in [-0.2, 0) is 0 Å². The zero-order valence-electron chi connectivity index (χ0n) is 15.4. The van der Waals surface area contributed by atoms with E-state index in [1.54, 1.807) is 0 Å². The van der Waals surface area contributed by atoms with Gasteiger partial charge in [-0.2, -0.15) is 0 Å². The second-order valence-corrected chi connectivity index (χ2v) is 6.33. The molecule has 0 aromatic carbocycles. The van der Waals surface area contributed by atoms with Crippen molar-refractivity contribution in [3.05, 3.63) is 0 Å². The van der Waals surface area contributed by atoms with Crippen LogP contribution in [0.4, 0.5) is 0 Å². The lowest BCUT2D eigenvalue weighted by Gasteiger charge is -2.31. The first kappa shape index (κ1) is 22.2. The summed E-state index contributed by atoms with van der Waals surface area (Å²) in [5.41, 5.74) is 4.85. The molecule has 2 N–H and O–H groups in total. The average Bonchev–Trinajstić information content (AvgIpc) is 2.44. The molecule has 0 bridgehead atoms. The summed E-state index contributed by atoms with van der Waals surface area (Å²) in [6.07, 6.45) is 13.4. The van der Waals surface area contributed by atoms with Gasteiger partial charge in [-0.15, -0.1) is 0 Å². The topological polar surface area (TPSA) is 26.0 Å². The van der Waals surface area contributed by atoms with Gasteiger partial charge in [-0.3, -0.25) is 0 Å². The molecule has 0 saturated heterocycles. The summed E-state index contributed by atoms with van der Waals surface area (Å²) in [6.45, 7) is 13.7. The Balaban J connectivity index is 0. The summed E-state index contributed by atoms with van der Waals surface area (Å²) < 4.78 is 0. The third-order valence-corrected chi connectivity index (χ3v) is 4.08. The van der Waals surface area contributed by atoms with Crippen LogP contribution in [0.5, 0.6) is 0 Å². The molecule has 0 spiro atoms. The molecule has 0 heterocycles. The molecule has 0 aromatic heterocycles. The lowest BCUT2D eigenvalue weighted by atomic mass is 9.74. The molecule has 1 rings (SSSR count). The Labute approximate surface area is 130 Å². The van der Waals surface area contributed by atoms with Crippen LogP contribution >= 0.6 is 0 Å². The molecular weight excluding hydrogens is 242 g/mol. The molecule has 1 aliphatic rings. The second kappa shape index (κ2) is 17.0. The van der Waals surface area contributed by atoms with Gasteiger partial charge in [0.05, 0.1) is 0 Å². The highest BCUT2D eigenvalue weighted by Crippen LogP contribution is 2.36. The van der Waals surface area contributed by atoms with Crippen LogP contribution < -0.4 is 5.73 Å². The third kappa shape index (κ3) is 13.0. The SMILES string of the molecule is CC.CCCC1CCCCC1CCCC(C)C.CCN. The Morgan fingerprint density at radius 1 is 0.950 bits per heavy atom. The minimum atomic E-state index is 0.750. The van der Waals surface area contributed by atoms with Gasteiger partial charge in [0, 0.05) is 0 Å². The van der Waals surface area contributed by atoms with Gasteiger partial charge in [-0.25, -0.2) is 0 Å². The molecular formula is C19H43N. The maximum atomic E-state index is 4.85. The third-order valence-electron chi connectivity index (χ3n) is 4.08. The van der Waals surface area contributed by atoms with Crippen LogP contribution in [0.3, 0.4) is 0 Å². The van der Waals surface area contributed by atoms with Gasteiger partial charge in [-0.05, 0) is 24.3 Å².